The molecule has 0 aliphatic carbocycles. The molecule has 1 aromatic rings. The van der Waals surface area contributed by atoms with Gasteiger partial charge in [-0.1, -0.05) is 0 Å². The van der Waals surface area contributed by atoms with Gasteiger partial charge in [0, 0.05) is 31.8 Å². The highest BCUT2D eigenvalue weighted by molar-refractivity contribution is 5.66. The molecule has 1 saturated heterocycles. The number of ether oxygens (including phenoxy) is 1. The molecule has 1 aromatic carbocycles. The Morgan fingerprint density at radius 1 is 1.56 bits per heavy atom. The number of nitrogens with one attached hydrogen (secondary N) is 1. The summed E-state index contributed by atoms with van der Waals surface area (Å²) in [4.78, 5) is 12.8. The Kier molecular flexibility index (Phi) is 3.66. The van der Waals surface area contributed by atoms with Crippen LogP contribution < -0.4 is 15.0 Å². The van der Waals surface area contributed by atoms with Gasteiger partial charge in [0.1, 0.15) is 11.4 Å². The van der Waals surface area contributed by atoms with Crippen molar-refractivity contribution in [2.24, 2.45) is 0 Å². The number of hydrogen-bond acceptors (Lipinski definition) is 5. The van der Waals surface area contributed by atoms with Crippen molar-refractivity contribution in [3.63, 3.8) is 0 Å². The van der Waals surface area contributed by atoms with Gasteiger partial charge in [-0.25, -0.2) is 0 Å². The Morgan fingerprint density at radius 3 is 2.72 bits per heavy atom. The molecule has 0 aromatic heterocycles. The van der Waals surface area contributed by atoms with E-state index in [1.165, 1.54) is 6.07 Å². The normalized spacial score (nSPS) is 15.0. The number of anilines is 1. The standard InChI is InChI=1S/C12H17N3O3/c1-3-14(9-7-13-8-9)12-6-10(18-2)4-5-11(12)15(16)17/h4-6,9,13H,3,7-8H2,1-2H3. The van der Waals surface area contributed by atoms with Crippen LogP contribution in [0.4, 0.5) is 11.4 Å². The van der Waals surface area contributed by atoms with Crippen molar-refractivity contribution in [2.45, 2.75) is 13.0 Å². The topological polar surface area (TPSA) is 67.6 Å². The van der Waals surface area contributed by atoms with Crippen LogP contribution in [0, 0.1) is 10.1 Å². The molecule has 1 N–H and O–H groups in total. The number of rotatable bonds is 5. The summed E-state index contributed by atoms with van der Waals surface area (Å²) in [6.07, 6.45) is 0. The lowest BCUT2D eigenvalue weighted by Crippen LogP contribution is -2.57. The average Bonchev–Trinajstić information content (AvgIpc) is 2.32. The van der Waals surface area contributed by atoms with E-state index in [0.29, 0.717) is 17.5 Å². The van der Waals surface area contributed by atoms with E-state index in [9.17, 15) is 10.1 Å². The van der Waals surface area contributed by atoms with Gasteiger partial charge >= 0.3 is 0 Å². The highest BCUT2D eigenvalue weighted by Gasteiger charge is 2.28. The number of hydrogen-bond donors (Lipinski definition) is 1. The van der Waals surface area contributed by atoms with Crippen molar-refractivity contribution >= 4 is 11.4 Å². The lowest BCUT2D eigenvalue weighted by Gasteiger charge is -2.38. The molecular weight excluding hydrogens is 234 g/mol. The van der Waals surface area contributed by atoms with Gasteiger partial charge in [-0.15, -0.1) is 0 Å². The third-order valence-electron chi connectivity index (χ3n) is 3.23. The number of benzene rings is 1. The quantitative estimate of drug-likeness (QED) is 0.633. The Labute approximate surface area is 106 Å². The SMILES string of the molecule is CCN(c1cc(OC)ccc1[N+](=O)[O-])C1CNC1. The van der Waals surface area contributed by atoms with E-state index in [2.05, 4.69) is 10.2 Å². The molecule has 0 amide bonds. The predicted molar refractivity (Wildman–Crippen MR) is 69.3 cm³/mol. The van der Waals surface area contributed by atoms with Crippen LogP contribution in [0.3, 0.4) is 0 Å². The molecule has 18 heavy (non-hydrogen) atoms. The molecule has 6 nitrogen and oxygen atoms in total. The maximum Gasteiger partial charge on any atom is 0.292 e. The molecule has 0 saturated carbocycles. The summed E-state index contributed by atoms with van der Waals surface area (Å²) in [5.74, 6) is 0.640. The maximum absolute atomic E-state index is 11.1. The summed E-state index contributed by atoms with van der Waals surface area (Å²) in [5, 5.41) is 14.3. The lowest BCUT2D eigenvalue weighted by atomic mass is 10.1. The fourth-order valence-corrected chi connectivity index (χ4v) is 2.13. The van der Waals surface area contributed by atoms with Crippen molar-refractivity contribution in [3.8, 4) is 5.75 Å². The lowest BCUT2D eigenvalue weighted by molar-refractivity contribution is -0.384. The third kappa shape index (κ3) is 2.24. The van der Waals surface area contributed by atoms with E-state index in [-0.39, 0.29) is 10.6 Å². The van der Waals surface area contributed by atoms with Crippen LogP contribution in [0.15, 0.2) is 18.2 Å². The zero-order valence-corrected chi connectivity index (χ0v) is 10.5. The van der Waals surface area contributed by atoms with E-state index in [4.69, 9.17) is 4.74 Å². The molecule has 1 aliphatic rings. The van der Waals surface area contributed by atoms with Gasteiger partial charge in [0.05, 0.1) is 18.1 Å². The minimum absolute atomic E-state index is 0.129. The second kappa shape index (κ2) is 5.22. The molecular formula is C12H17N3O3. The van der Waals surface area contributed by atoms with E-state index >= 15 is 0 Å². The molecule has 0 spiro atoms. The van der Waals surface area contributed by atoms with E-state index in [1.807, 2.05) is 6.92 Å². The molecule has 1 heterocycles. The Hall–Kier alpha value is -1.82. The number of nitrogens with zero attached hydrogens (tertiary/aromatic N) is 2. The second-order valence-electron chi connectivity index (χ2n) is 4.21. The first-order valence-electron chi connectivity index (χ1n) is 5.97. The first-order chi connectivity index (χ1) is 8.67. The van der Waals surface area contributed by atoms with Gasteiger partial charge in [0.2, 0.25) is 0 Å². The number of nitro benzene ring substituents is 1. The van der Waals surface area contributed by atoms with Crippen molar-refractivity contribution in [2.75, 3.05) is 31.6 Å². The molecule has 6 heteroatoms. The third-order valence-corrected chi connectivity index (χ3v) is 3.23. The van der Waals surface area contributed by atoms with Crippen LogP contribution in [0.5, 0.6) is 5.75 Å². The minimum Gasteiger partial charge on any atom is -0.497 e. The van der Waals surface area contributed by atoms with Gasteiger partial charge in [-0.3, -0.25) is 10.1 Å². The Balaban J connectivity index is 2.40. The molecule has 0 atom stereocenters. The number of likely N-dealkylation sites (N-methyl/N-ethyl adjacent to an activating group) is 1. The molecule has 0 radical (unpaired) electrons. The first kappa shape index (κ1) is 12.6. The molecule has 1 fully saturated rings. The number of methoxy groups -OCH3 is 1. The van der Waals surface area contributed by atoms with Gasteiger partial charge < -0.3 is 15.0 Å². The Morgan fingerprint density at radius 2 is 2.28 bits per heavy atom. The summed E-state index contributed by atoms with van der Waals surface area (Å²) < 4.78 is 5.15. The summed E-state index contributed by atoms with van der Waals surface area (Å²) in [6, 6.07) is 5.18. The van der Waals surface area contributed by atoms with Crippen molar-refractivity contribution in [3.05, 3.63) is 28.3 Å². The summed E-state index contributed by atoms with van der Waals surface area (Å²) >= 11 is 0. The highest BCUT2D eigenvalue weighted by atomic mass is 16.6. The average molecular weight is 251 g/mol. The molecule has 0 bridgehead atoms. The fourth-order valence-electron chi connectivity index (χ4n) is 2.13. The highest BCUT2D eigenvalue weighted by Crippen LogP contribution is 2.33. The van der Waals surface area contributed by atoms with E-state index in [1.54, 1.807) is 19.2 Å². The molecule has 98 valence electrons. The Bertz CT molecular complexity index is 446. The number of nitro groups is 1. The van der Waals surface area contributed by atoms with E-state index < -0.39 is 0 Å². The van der Waals surface area contributed by atoms with Crippen molar-refractivity contribution in [1.82, 2.24) is 5.32 Å². The van der Waals surface area contributed by atoms with E-state index in [0.717, 1.165) is 19.6 Å². The summed E-state index contributed by atoms with van der Waals surface area (Å²) in [6.45, 7) is 4.46. The summed E-state index contributed by atoms with van der Waals surface area (Å²) in [7, 11) is 1.56. The van der Waals surface area contributed by atoms with Gasteiger partial charge in [-0.05, 0) is 13.0 Å². The van der Waals surface area contributed by atoms with Gasteiger partial charge in [-0.2, -0.15) is 0 Å². The van der Waals surface area contributed by atoms with Crippen LogP contribution >= 0.6 is 0 Å². The smallest absolute Gasteiger partial charge is 0.292 e. The van der Waals surface area contributed by atoms with Gasteiger partial charge in [0.15, 0.2) is 0 Å². The van der Waals surface area contributed by atoms with Gasteiger partial charge in [0.25, 0.3) is 5.69 Å². The van der Waals surface area contributed by atoms with Crippen molar-refractivity contribution in [1.29, 1.82) is 0 Å². The molecule has 2 rings (SSSR count). The van der Waals surface area contributed by atoms with Crippen LogP contribution in [0.1, 0.15) is 6.92 Å². The van der Waals surface area contributed by atoms with Crippen LogP contribution in [0.2, 0.25) is 0 Å². The fraction of sp³-hybridized carbons (Fsp3) is 0.500. The zero-order chi connectivity index (χ0) is 13.1. The van der Waals surface area contributed by atoms with Crippen LogP contribution in [-0.2, 0) is 0 Å². The maximum atomic E-state index is 11.1. The zero-order valence-electron chi connectivity index (χ0n) is 10.5. The summed E-state index contributed by atoms with van der Waals surface area (Å²) in [5.41, 5.74) is 0.762. The minimum atomic E-state index is -0.344. The first-order valence-corrected chi connectivity index (χ1v) is 5.97. The predicted octanol–water partition coefficient (Wildman–Crippen LogP) is 1.40. The van der Waals surface area contributed by atoms with Crippen LogP contribution in [0.25, 0.3) is 0 Å². The van der Waals surface area contributed by atoms with Crippen LogP contribution in [-0.4, -0.2) is 37.7 Å². The largest absolute Gasteiger partial charge is 0.497 e. The monoisotopic (exact) mass is 251 g/mol. The molecule has 1 aliphatic heterocycles. The van der Waals surface area contributed by atoms with Crippen molar-refractivity contribution < 1.29 is 9.66 Å². The second-order valence-corrected chi connectivity index (χ2v) is 4.21. The molecule has 0 unspecified atom stereocenters.